The normalized spacial score (nSPS) is 30.9. The lowest BCUT2D eigenvalue weighted by Gasteiger charge is -2.44. The Morgan fingerprint density at radius 1 is 0.974 bits per heavy atom. The largest absolute Gasteiger partial charge is 0.465 e. The molecule has 0 radical (unpaired) electrons. The van der Waals surface area contributed by atoms with Gasteiger partial charge in [-0.25, -0.2) is 0 Å². The summed E-state index contributed by atoms with van der Waals surface area (Å²) in [7, 11) is -3.61. The van der Waals surface area contributed by atoms with E-state index in [4.69, 9.17) is 13.6 Å². The van der Waals surface area contributed by atoms with Gasteiger partial charge in [0.25, 0.3) is 11.8 Å². The number of ether oxygens (including phenoxy) is 2. The van der Waals surface area contributed by atoms with Crippen LogP contribution in [-0.4, -0.2) is 64.7 Å². The minimum atomic E-state index is -1.87. The summed E-state index contributed by atoms with van der Waals surface area (Å²) in [5.74, 6) is 1.17. The summed E-state index contributed by atoms with van der Waals surface area (Å²) >= 11 is 0. The van der Waals surface area contributed by atoms with Gasteiger partial charge in [0.1, 0.15) is 0 Å². The van der Waals surface area contributed by atoms with Crippen LogP contribution in [0.4, 0.5) is 0 Å². The fraction of sp³-hybridized carbons (Fsp3) is 0.833. The highest BCUT2D eigenvalue weighted by atomic mass is 28.4. The third-order valence-electron chi connectivity index (χ3n) is 9.77. The molecule has 2 amide bonds. The smallest absolute Gasteiger partial charge is 0.305 e. The second kappa shape index (κ2) is 13.1. The molecule has 6 atom stereocenters. The van der Waals surface area contributed by atoms with Crippen LogP contribution in [0.15, 0.2) is 12.2 Å². The molecule has 9 heteroatoms. The van der Waals surface area contributed by atoms with E-state index in [0.717, 1.165) is 18.8 Å². The van der Waals surface area contributed by atoms with Gasteiger partial charge in [-0.15, -0.1) is 0 Å². The molecule has 7 nitrogen and oxygen atoms in total. The molecule has 2 saturated carbocycles. The van der Waals surface area contributed by atoms with E-state index in [1.54, 1.807) is 0 Å². The van der Waals surface area contributed by atoms with Crippen LogP contribution in [0.25, 0.3) is 0 Å². The average Bonchev–Trinajstić information content (AvgIpc) is 3.58. The summed E-state index contributed by atoms with van der Waals surface area (Å²) in [6.45, 7) is 12.9. The summed E-state index contributed by atoms with van der Waals surface area (Å²) in [6, 6.07) is 1.25. The first-order valence-corrected chi connectivity index (χ1v) is 21.6. The average molecular weight is 578 g/mol. The number of carbonyl (C=O) groups excluding carboxylic acids is 3. The molecule has 1 saturated heterocycles. The van der Waals surface area contributed by atoms with Crippen LogP contribution in [0.2, 0.25) is 37.8 Å². The van der Waals surface area contributed by atoms with Gasteiger partial charge in [-0.05, 0) is 94.1 Å². The van der Waals surface area contributed by atoms with Crippen molar-refractivity contribution >= 4 is 34.4 Å². The van der Waals surface area contributed by atoms with Crippen molar-refractivity contribution in [1.29, 1.82) is 0 Å². The van der Waals surface area contributed by atoms with E-state index in [1.165, 1.54) is 61.6 Å². The van der Waals surface area contributed by atoms with E-state index >= 15 is 0 Å². The maximum atomic E-state index is 12.4. The van der Waals surface area contributed by atoms with Crippen molar-refractivity contribution in [1.82, 2.24) is 4.90 Å². The van der Waals surface area contributed by atoms with Gasteiger partial charge in [-0.2, -0.15) is 0 Å². The van der Waals surface area contributed by atoms with E-state index in [0.29, 0.717) is 62.0 Å². The van der Waals surface area contributed by atoms with Gasteiger partial charge in [-0.1, -0.05) is 32.6 Å². The van der Waals surface area contributed by atoms with Crippen molar-refractivity contribution in [2.24, 2.45) is 17.8 Å². The molecule has 4 aliphatic rings. The second-order valence-electron chi connectivity index (χ2n) is 13.8. The molecule has 0 aromatic carbocycles. The van der Waals surface area contributed by atoms with Gasteiger partial charge in [0.05, 0.1) is 18.8 Å². The Bertz CT molecular complexity index is 903. The molecule has 0 aromatic heterocycles. The van der Waals surface area contributed by atoms with Crippen LogP contribution in [0, 0.1) is 17.8 Å². The Kier molecular flexibility index (Phi) is 10.3. The molecular formula is C30H51NO6Si2. The molecule has 39 heavy (non-hydrogen) atoms. The van der Waals surface area contributed by atoms with Gasteiger partial charge in [0, 0.05) is 25.1 Å². The quantitative estimate of drug-likeness (QED) is 0.0803. The van der Waals surface area contributed by atoms with Crippen LogP contribution in [0.5, 0.6) is 0 Å². The molecule has 2 aliphatic carbocycles. The van der Waals surface area contributed by atoms with Crippen molar-refractivity contribution in [3.8, 4) is 0 Å². The van der Waals surface area contributed by atoms with Gasteiger partial charge < -0.3 is 13.6 Å². The number of epoxide rings is 1. The molecule has 6 unspecified atom stereocenters. The molecule has 2 aliphatic heterocycles. The topological polar surface area (TPSA) is 85.4 Å². The summed E-state index contributed by atoms with van der Waals surface area (Å²) in [5, 5.41) is 0. The summed E-state index contributed by atoms with van der Waals surface area (Å²) in [6.07, 6.45) is 15.0. The first-order chi connectivity index (χ1) is 18.4. The van der Waals surface area contributed by atoms with Gasteiger partial charge in [0.2, 0.25) is 0 Å². The number of hydrogen-bond donors (Lipinski definition) is 0. The Morgan fingerprint density at radius 3 is 2.44 bits per heavy atom. The van der Waals surface area contributed by atoms with E-state index < -0.39 is 16.6 Å². The number of nitrogens with zero attached hydrogens (tertiary/aromatic N) is 1. The maximum absolute atomic E-state index is 12.4. The van der Waals surface area contributed by atoms with Crippen LogP contribution in [0.1, 0.15) is 77.6 Å². The van der Waals surface area contributed by atoms with Gasteiger partial charge in [0.15, 0.2) is 16.6 Å². The van der Waals surface area contributed by atoms with Crippen LogP contribution in [0.3, 0.4) is 0 Å². The Balaban J connectivity index is 1.14. The number of hydrogen-bond acceptors (Lipinski definition) is 6. The van der Waals surface area contributed by atoms with Crippen molar-refractivity contribution < 1.29 is 28.0 Å². The van der Waals surface area contributed by atoms with Crippen molar-refractivity contribution in [3.63, 3.8) is 0 Å². The monoisotopic (exact) mass is 577 g/mol. The minimum absolute atomic E-state index is 0.133. The molecule has 0 aromatic rings. The lowest BCUT2D eigenvalue weighted by Crippen LogP contribution is -2.49. The summed E-state index contributed by atoms with van der Waals surface area (Å²) < 4.78 is 18.6. The number of esters is 1. The Labute approximate surface area is 237 Å². The molecule has 0 spiro atoms. The van der Waals surface area contributed by atoms with Gasteiger partial charge in [-0.3, -0.25) is 19.3 Å². The summed E-state index contributed by atoms with van der Waals surface area (Å²) in [4.78, 5) is 36.9. The van der Waals surface area contributed by atoms with E-state index in [9.17, 15) is 14.4 Å². The number of amides is 2. The molecule has 220 valence electrons. The molecule has 4 rings (SSSR count). The number of imide groups is 1. The number of fused-ring (bicyclic) bond motifs is 1. The highest BCUT2D eigenvalue weighted by Gasteiger charge is 2.45. The lowest BCUT2D eigenvalue weighted by atomic mass is 9.80. The molecule has 2 heterocycles. The highest BCUT2D eigenvalue weighted by molar-refractivity contribution is 6.85. The first kappa shape index (κ1) is 30.7. The van der Waals surface area contributed by atoms with Crippen LogP contribution >= 0.6 is 0 Å². The fourth-order valence-corrected chi connectivity index (χ4v) is 16.7. The zero-order valence-corrected chi connectivity index (χ0v) is 26.9. The molecular weight excluding hydrogens is 527 g/mol. The number of rotatable bonds is 14. The molecule has 0 bridgehead atoms. The number of unbranched alkanes of at least 4 members (excludes halogenated alkanes) is 2. The second-order valence-corrected chi connectivity index (χ2v) is 22.7. The highest BCUT2D eigenvalue weighted by Crippen LogP contribution is 2.45. The third-order valence-corrected chi connectivity index (χ3v) is 18.1. The minimum Gasteiger partial charge on any atom is -0.465 e. The fourth-order valence-electron chi connectivity index (χ4n) is 7.07. The van der Waals surface area contributed by atoms with Crippen LogP contribution in [-0.2, 0) is 28.0 Å². The maximum Gasteiger partial charge on any atom is 0.305 e. The van der Waals surface area contributed by atoms with E-state index in [2.05, 4.69) is 33.1 Å². The predicted molar refractivity (Wildman–Crippen MR) is 157 cm³/mol. The molecule has 0 N–H and O–H groups in total. The lowest BCUT2D eigenvalue weighted by molar-refractivity contribution is -0.146. The van der Waals surface area contributed by atoms with E-state index in [1.807, 2.05) is 0 Å². The standard InChI is InChI=1S/C30H51NO6Si2/c1-22-10-12-25(39(4,5)37-38(2,3)18-16-23-11-13-26-27(19-23)36-26)20-24(22)21-35-30(34)9-7-6-8-17-31-28(32)14-15-29(31)33/h14-15,22-27H,6-13,16-21H2,1-5H3. The molecule has 3 fully saturated rings. The van der Waals surface area contributed by atoms with Crippen LogP contribution < -0.4 is 0 Å². The van der Waals surface area contributed by atoms with Crippen molar-refractivity contribution in [2.45, 2.75) is 128 Å². The van der Waals surface area contributed by atoms with Gasteiger partial charge >= 0.3 is 5.97 Å². The first-order valence-electron chi connectivity index (χ1n) is 15.5. The predicted octanol–water partition coefficient (Wildman–Crippen LogP) is 6.21. The summed E-state index contributed by atoms with van der Waals surface area (Å²) in [5.41, 5.74) is 0.616. The SMILES string of the molecule is CC1CCC([Si](C)(C)O[Si](C)(C)CCC2CCC3OC3C2)CC1COC(=O)CCCCCN1C(=O)C=CC1=O. The third kappa shape index (κ3) is 8.84. The van der Waals surface area contributed by atoms with Crippen molar-refractivity contribution in [2.75, 3.05) is 13.2 Å². The number of carbonyl (C=O) groups is 3. The zero-order chi connectivity index (χ0) is 28.2. The zero-order valence-electron chi connectivity index (χ0n) is 24.9. The Hall–Kier alpha value is -1.30. The van der Waals surface area contributed by atoms with E-state index in [-0.39, 0.29) is 17.8 Å². The van der Waals surface area contributed by atoms with Crippen molar-refractivity contribution in [3.05, 3.63) is 12.2 Å². The Morgan fingerprint density at radius 2 is 1.72 bits per heavy atom.